The quantitative estimate of drug-likeness (QED) is 0.835. The van der Waals surface area contributed by atoms with Crippen LogP contribution in [0.2, 0.25) is 0 Å². The number of piperidine rings is 1. The molecule has 2 heterocycles. The Kier molecular flexibility index (Phi) is 3.32. The van der Waals surface area contributed by atoms with Gasteiger partial charge >= 0.3 is 0 Å². The van der Waals surface area contributed by atoms with Gasteiger partial charge in [-0.05, 0) is 32.2 Å². The molecule has 18 heavy (non-hydrogen) atoms. The van der Waals surface area contributed by atoms with Crippen molar-refractivity contribution in [1.29, 1.82) is 0 Å². The standard InChI is InChI=1S/C13H20N4O/c18-13(16-10-4-5-10)8-17-9-14-7-12(17)11-3-1-2-6-15-11/h7,9-11,15H,1-6,8H2,(H,16,18). The predicted molar refractivity (Wildman–Crippen MR) is 68.0 cm³/mol. The molecule has 5 nitrogen and oxygen atoms in total. The molecule has 1 atom stereocenters. The van der Waals surface area contributed by atoms with Crippen LogP contribution in [0.5, 0.6) is 0 Å². The third-order valence-electron chi connectivity index (χ3n) is 3.67. The molecule has 0 radical (unpaired) electrons. The second-order valence-electron chi connectivity index (χ2n) is 5.29. The number of hydrogen-bond donors (Lipinski definition) is 2. The summed E-state index contributed by atoms with van der Waals surface area (Å²) in [6, 6.07) is 0.784. The van der Waals surface area contributed by atoms with Crippen LogP contribution in [0.1, 0.15) is 43.8 Å². The second kappa shape index (κ2) is 5.10. The summed E-state index contributed by atoms with van der Waals surface area (Å²) < 4.78 is 1.97. The molecular weight excluding hydrogens is 228 g/mol. The van der Waals surface area contributed by atoms with Gasteiger partial charge in [-0.15, -0.1) is 0 Å². The lowest BCUT2D eigenvalue weighted by atomic mass is 10.0. The van der Waals surface area contributed by atoms with E-state index in [2.05, 4.69) is 15.6 Å². The lowest BCUT2D eigenvalue weighted by molar-refractivity contribution is -0.121. The number of hydrogen-bond acceptors (Lipinski definition) is 3. The van der Waals surface area contributed by atoms with Gasteiger partial charge in [0.2, 0.25) is 5.91 Å². The average molecular weight is 248 g/mol. The van der Waals surface area contributed by atoms with Crippen LogP contribution in [-0.2, 0) is 11.3 Å². The van der Waals surface area contributed by atoms with Crippen LogP contribution in [0.15, 0.2) is 12.5 Å². The largest absolute Gasteiger partial charge is 0.352 e. The lowest BCUT2D eigenvalue weighted by Gasteiger charge is -2.24. The molecule has 5 heteroatoms. The fraction of sp³-hybridized carbons (Fsp3) is 0.692. The number of carbonyl (C=O) groups is 1. The van der Waals surface area contributed by atoms with Gasteiger partial charge in [0.1, 0.15) is 6.54 Å². The topological polar surface area (TPSA) is 59.0 Å². The van der Waals surface area contributed by atoms with Crippen molar-refractivity contribution in [2.75, 3.05) is 6.54 Å². The van der Waals surface area contributed by atoms with E-state index in [9.17, 15) is 4.79 Å². The summed E-state index contributed by atoms with van der Waals surface area (Å²) in [5.41, 5.74) is 1.14. The molecule has 1 unspecified atom stereocenters. The Hall–Kier alpha value is -1.36. The van der Waals surface area contributed by atoms with E-state index >= 15 is 0 Å². The Balaban J connectivity index is 1.64. The molecule has 1 saturated carbocycles. The molecule has 2 fully saturated rings. The number of imidazole rings is 1. The predicted octanol–water partition coefficient (Wildman–Crippen LogP) is 0.976. The Morgan fingerprint density at radius 1 is 1.44 bits per heavy atom. The van der Waals surface area contributed by atoms with Crippen molar-refractivity contribution in [3.63, 3.8) is 0 Å². The van der Waals surface area contributed by atoms with Crippen molar-refractivity contribution in [1.82, 2.24) is 20.2 Å². The van der Waals surface area contributed by atoms with Crippen LogP contribution >= 0.6 is 0 Å². The van der Waals surface area contributed by atoms with Gasteiger partial charge in [0, 0.05) is 18.3 Å². The Morgan fingerprint density at radius 3 is 3.06 bits per heavy atom. The van der Waals surface area contributed by atoms with E-state index in [1.807, 2.05) is 10.8 Å². The maximum absolute atomic E-state index is 11.8. The number of nitrogens with zero attached hydrogens (tertiary/aromatic N) is 2. The highest BCUT2D eigenvalue weighted by Gasteiger charge is 2.24. The third-order valence-corrected chi connectivity index (χ3v) is 3.67. The van der Waals surface area contributed by atoms with Gasteiger partial charge in [-0.25, -0.2) is 4.98 Å². The van der Waals surface area contributed by atoms with Gasteiger partial charge in [0.15, 0.2) is 0 Å². The smallest absolute Gasteiger partial charge is 0.240 e. The maximum Gasteiger partial charge on any atom is 0.240 e. The zero-order valence-electron chi connectivity index (χ0n) is 10.6. The van der Waals surface area contributed by atoms with Crippen molar-refractivity contribution < 1.29 is 4.79 Å². The molecule has 1 aromatic heterocycles. The van der Waals surface area contributed by atoms with Gasteiger partial charge in [-0.3, -0.25) is 4.79 Å². The molecule has 3 rings (SSSR count). The molecule has 1 aliphatic heterocycles. The van der Waals surface area contributed by atoms with Crippen molar-refractivity contribution in [3.05, 3.63) is 18.2 Å². The summed E-state index contributed by atoms with van der Waals surface area (Å²) in [4.78, 5) is 16.0. The van der Waals surface area contributed by atoms with E-state index in [4.69, 9.17) is 0 Å². The first-order valence-corrected chi connectivity index (χ1v) is 6.86. The molecule has 2 N–H and O–H groups in total. The zero-order valence-corrected chi connectivity index (χ0v) is 10.6. The molecule has 0 aromatic carbocycles. The fourth-order valence-electron chi connectivity index (χ4n) is 2.51. The van der Waals surface area contributed by atoms with E-state index in [1.165, 1.54) is 12.8 Å². The highest BCUT2D eigenvalue weighted by molar-refractivity contribution is 5.76. The van der Waals surface area contributed by atoms with Crippen molar-refractivity contribution in [2.24, 2.45) is 0 Å². The minimum Gasteiger partial charge on any atom is -0.352 e. The first kappa shape index (κ1) is 11.7. The van der Waals surface area contributed by atoms with Crippen LogP contribution in [0.25, 0.3) is 0 Å². The molecule has 1 aromatic rings. The molecule has 2 aliphatic rings. The first-order valence-electron chi connectivity index (χ1n) is 6.86. The van der Waals surface area contributed by atoms with Gasteiger partial charge in [0.25, 0.3) is 0 Å². The summed E-state index contributed by atoms with van der Waals surface area (Å²) in [5, 5.41) is 6.51. The molecule has 0 bridgehead atoms. The molecule has 1 saturated heterocycles. The Morgan fingerprint density at radius 2 is 2.33 bits per heavy atom. The minimum atomic E-state index is 0.104. The average Bonchev–Trinajstić information content (AvgIpc) is 3.07. The van der Waals surface area contributed by atoms with Gasteiger partial charge in [-0.2, -0.15) is 0 Å². The van der Waals surface area contributed by atoms with Gasteiger partial charge in [-0.1, -0.05) is 6.42 Å². The Bertz CT molecular complexity index is 418. The minimum absolute atomic E-state index is 0.104. The van der Waals surface area contributed by atoms with Crippen LogP contribution in [0.3, 0.4) is 0 Å². The van der Waals surface area contributed by atoms with Crippen molar-refractivity contribution in [2.45, 2.75) is 50.7 Å². The van der Waals surface area contributed by atoms with Gasteiger partial charge in [0.05, 0.1) is 12.0 Å². The number of nitrogens with one attached hydrogen (secondary N) is 2. The first-order chi connectivity index (χ1) is 8.83. The van der Waals surface area contributed by atoms with E-state index < -0.39 is 0 Å². The highest BCUT2D eigenvalue weighted by Crippen LogP contribution is 2.23. The maximum atomic E-state index is 11.8. The third kappa shape index (κ3) is 2.72. The lowest BCUT2D eigenvalue weighted by Crippen LogP contribution is -2.32. The highest BCUT2D eigenvalue weighted by atomic mass is 16.2. The zero-order chi connectivity index (χ0) is 12.4. The monoisotopic (exact) mass is 248 g/mol. The second-order valence-corrected chi connectivity index (χ2v) is 5.29. The molecule has 1 aliphatic carbocycles. The van der Waals surface area contributed by atoms with Crippen LogP contribution in [0.4, 0.5) is 0 Å². The van der Waals surface area contributed by atoms with Crippen LogP contribution in [0, 0.1) is 0 Å². The van der Waals surface area contributed by atoms with Crippen LogP contribution < -0.4 is 10.6 Å². The number of aromatic nitrogens is 2. The van der Waals surface area contributed by atoms with Crippen molar-refractivity contribution in [3.8, 4) is 0 Å². The summed E-state index contributed by atoms with van der Waals surface area (Å²) in [6.07, 6.45) is 9.53. The molecule has 1 amide bonds. The van der Waals surface area contributed by atoms with Crippen molar-refractivity contribution >= 4 is 5.91 Å². The summed E-state index contributed by atoms with van der Waals surface area (Å²) in [5.74, 6) is 0.104. The summed E-state index contributed by atoms with van der Waals surface area (Å²) >= 11 is 0. The summed E-state index contributed by atoms with van der Waals surface area (Å²) in [6.45, 7) is 1.45. The number of amides is 1. The molecule has 0 spiro atoms. The Labute approximate surface area is 107 Å². The van der Waals surface area contributed by atoms with Gasteiger partial charge < -0.3 is 15.2 Å². The summed E-state index contributed by atoms with van der Waals surface area (Å²) in [7, 11) is 0. The number of rotatable bonds is 4. The SMILES string of the molecule is O=C(Cn1cncc1C1CCCCN1)NC1CC1. The van der Waals surface area contributed by atoms with E-state index in [0.717, 1.165) is 31.5 Å². The molecule has 98 valence electrons. The van der Waals surface area contributed by atoms with E-state index in [-0.39, 0.29) is 5.91 Å². The van der Waals surface area contributed by atoms with E-state index in [1.54, 1.807) is 6.33 Å². The number of carbonyl (C=O) groups excluding carboxylic acids is 1. The fourth-order valence-corrected chi connectivity index (χ4v) is 2.51. The van der Waals surface area contributed by atoms with E-state index in [0.29, 0.717) is 18.6 Å². The van der Waals surface area contributed by atoms with Crippen LogP contribution in [-0.4, -0.2) is 28.0 Å². The molecular formula is C13H20N4O. The normalized spacial score (nSPS) is 23.9.